The Kier molecular flexibility index (Phi) is 185. The third-order valence-corrected chi connectivity index (χ3v) is 5.39. The van der Waals surface area contributed by atoms with Gasteiger partial charge in [-0.1, -0.05) is 255 Å². The smallest absolute Gasteiger partial charge is 0.0443 e. The van der Waals surface area contributed by atoms with E-state index in [2.05, 4.69) is 6.92 Å². The van der Waals surface area contributed by atoms with Gasteiger partial charge in [-0.05, 0) is 5.92 Å². The molecule has 0 heterocycles. The minimum Gasteiger partial charge on any atom is -0.0776 e. The van der Waals surface area contributed by atoms with Gasteiger partial charge in [-0.2, -0.15) is 0 Å². The zero-order valence-electron chi connectivity index (χ0n) is 31.0. The Morgan fingerprint density at radius 1 is 0.231 bits per heavy atom. The molecule has 5 rings (SSSR count). The first-order valence-electron chi connectivity index (χ1n) is 18.4. The SMILES string of the molecule is C.C.C1CCC1.C1CCC1.C1CCC1.C1CCC1.CC.CC.CC.CC.CC.CC.CC.CC.CC1CCC1. The Balaban J connectivity index is -0.0000000297. The van der Waals surface area contributed by atoms with E-state index >= 15 is 0 Å². The van der Waals surface area contributed by atoms with E-state index in [0.717, 1.165) is 5.92 Å². The molecule has 39 heavy (non-hydrogen) atoms. The molecule has 0 nitrogen and oxygen atoms in total. The Labute approximate surface area is 260 Å². The van der Waals surface area contributed by atoms with Crippen LogP contribution in [0.15, 0.2) is 0 Å². The topological polar surface area (TPSA) is 0 Å². The molecule has 5 aliphatic carbocycles. The second-order valence-electron chi connectivity index (χ2n) is 7.69. The molecule has 0 aliphatic heterocycles. The van der Waals surface area contributed by atoms with Crippen molar-refractivity contribution in [1.29, 1.82) is 0 Å². The van der Waals surface area contributed by atoms with Gasteiger partial charge < -0.3 is 0 Å². The molecule has 0 aromatic carbocycles. The van der Waals surface area contributed by atoms with Gasteiger partial charge in [-0.15, -0.1) is 0 Å². The average Bonchev–Trinajstić information content (AvgIpc) is 2.84. The first-order valence-corrected chi connectivity index (χ1v) is 18.4. The molecule has 5 aliphatic rings. The fraction of sp³-hybridized carbons (Fsp3) is 1.00. The lowest BCUT2D eigenvalue weighted by Crippen LogP contribution is -2.04. The highest BCUT2D eigenvalue weighted by Crippen LogP contribution is 2.24. The fourth-order valence-electron chi connectivity index (χ4n) is 1.61. The predicted molar refractivity (Wildman–Crippen MR) is 201 cm³/mol. The van der Waals surface area contributed by atoms with Crippen LogP contribution in [0.2, 0.25) is 0 Å². The normalized spacial score (nSPS) is 14.4. The summed E-state index contributed by atoms with van der Waals surface area (Å²) < 4.78 is 0. The van der Waals surface area contributed by atoms with Gasteiger partial charge in [0.1, 0.15) is 0 Å². The van der Waals surface area contributed by atoms with Crippen molar-refractivity contribution < 1.29 is 0 Å². The molecule has 0 bridgehead atoms. The molecule has 0 amide bonds. The van der Waals surface area contributed by atoms with Crippen LogP contribution in [0.4, 0.5) is 0 Å². The number of hydrogen-bond donors (Lipinski definition) is 0. The molecular formula is C39H98. The summed E-state index contributed by atoms with van der Waals surface area (Å²) in [7, 11) is 0. The quantitative estimate of drug-likeness (QED) is 0.273. The van der Waals surface area contributed by atoms with Crippen LogP contribution in [0.25, 0.3) is 0 Å². The van der Waals surface area contributed by atoms with Crippen molar-refractivity contribution in [2.75, 3.05) is 0 Å². The van der Waals surface area contributed by atoms with Gasteiger partial charge in [0, 0.05) is 0 Å². The molecular weight excluding hydrogens is 468 g/mol. The van der Waals surface area contributed by atoms with E-state index < -0.39 is 0 Å². The van der Waals surface area contributed by atoms with Gasteiger partial charge in [0.2, 0.25) is 0 Å². The van der Waals surface area contributed by atoms with Crippen LogP contribution < -0.4 is 0 Å². The third-order valence-electron chi connectivity index (χ3n) is 5.39. The summed E-state index contributed by atoms with van der Waals surface area (Å²) >= 11 is 0. The van der Waals surface area contributed by atoms with E-state index in [4.69, 9.17) is 0 Å². The summed E-state index contributed by atoms with van der Waals surface area (Å²) in [6, 6.07) is 0. The zero-order valence-corrected chi connectivity index (χ0v) is 31.0. The molecule has 0 spiro atoms. The van der Waals surface area contributed by atoms with Gasteiger partial charge in [0.25, 0.3) is 0 Å². The summed E-state index contributed by atoms with van der Waals surface area (Å²) in [5.41, 5.74) is 0. The van der Waals surface area contributed by atoms with Gasteiger partial charge >= 0.3 is 0 Å². The molecule has 0 aromatic rings. The van der Waals surface area contributed by atoms with Crippen LogP contribution in [0.1, 0.15) is 255 Å². The van der Waals surface area contributed by atoms with Crippen LogP contribution in [-0.2, 0) is 0 Å². The van der Waals surface area contributed by atoms with Gasteiger partial charge in [0.15, 0.2) is 0 Å². The summed E-state index contributed by atoms with van der Waals surface area (Å²) in [5, 5.41) is 0. The van der Waals surface area contributed by atoms with E-state index in [0.29, 0.717) is 0 Å². The third kappa shape index (κ3) is 102. The molecule has 0 radical (unpaired) electrons. The van der Waals surface area contributed by atoms with Crippen molar-refractivity contribution >= 4 is 0 Å². The monoisotopic (exact) mass is 567 g/mol. The zero-order chi connectivity index (χ0) is 31.0. The summed E-state index contributed by atoms with van der Waals surface area (Å²) in [5.74, 6) is 1.06. The van der Waals surface area contributed by atoms with Gasteiger partial charge in [0.05, 0.1) is 0 Å². The fourth-order valence-corrected chi connectivity index (χ4v) is 1.61. The molecule has 254 valence electrons. The molecule has 0 aromatic heterocycles. The lowest BCUT2D eigenvalue weighted by atomic mass is 9.88. The maximum Gasteiger partial charge on any atom is -0.0443 e. The maximum absolute atomic E-state index is 2.31. The summed E-state index contributed by atoms with van der Waals surface area (Å²) in [6.45, 7) is 34.3. The van der Waals surface area contributed by atoms with E-state index in [1.165, 1.54) is 122 Å². The van der Waals surface area contributed by atoms with Gasteiger partial charge in [-0.25, -0.2) is 0 Å². The standard InChI is InChI=1S/C5H10.4C4H8.8C2H6.2CH4/c1-5-3-2-4-5;4*1-2-4-3-1;8*1-2;;/h5H,2-4H2,1H3;4*1-4H2;8*1-2H3;2*1H4. The van der Waals surface area contributed by atoms with Gasteiger partial charge in [-0.3, -0.25) is 0 Å². The first kappa shape index (κ1) is 67.0. The van der Waals surface area contributed by atoms with Crippen molar-refractivity contribution in [3.05, 3.63) is 0 Å². The van der Waals surface area contributed by atoms with Crippen LogP contribution >= 0.6 is 0 Å². The Hall–Kier alpha value is 0. The summed E-state index contributed by atoms with van der Waals surface area (Å²) in [4.78, 5) is 0. The van der Waals surface area contributed by atoms with Crippen molar-refractivity contribution in [3.63, 3.8) is 0 Å². The van der Waals surface area contributed by atoms with Crippen molar-refractivity contribution in [3.8, 4) is 0 Å². The van der Waals surface area contributed by atoms with E-state index in [1.807, 2.05) is 111 Å². The highest BCUT2D eigenvalue weighted by Gasteiger charge is 2.09. The molecule has 5 saturated carbocycles. The lowest BCUT2D eigenvalue weighted by molar-refractivity contribution is 0.346. The molecule has 0 heteroatoms. The summed E-state index contributed by atoms with van der Waals surface area (Å²) in [6.07, 6.45) is 28.5. The Morgan fingerprint density at radius 2 is 0.308 bits per heavy atom. The first-order chi connectivity index (χ1) is 18.4. The molecule has 0 saturated heterocycles. The lowest BCUT2D eigenvalue weighted by Gasteiger charge is -2.18. The van der Waals surface area contributed by atoms with Crippen LogP contribution in [-0.4, -0.2) is 0 Å². The van der Waals surface area contributed by atoms with Crippen molar-refractivity contribution in [1.82, 2.24) is 0 Å². The van der Waals surface area contributed by atoms with Crippen molar-refractivity contribution in [2.45, 2.75) is 255 Å². The van der Waals surface area contributed by atoms with E-state index in [9.17, 15) is 0 Å². The van der Waals surface area contributed by atoms with Crippen LogP contribution in [0, 0.1) is 5.92 Å². The predicted octanol–water partition coefficient (Wildman–Crippen LogP) is 17.5. The van der Waals surface area contributed by atoms with Crippen molar-refractivity contribution in [2.24, 2.45) is 5.92 Å². The Bertz CT molecular complexity index is 128. The second kappa shape index (κ2) is 107. The highest BCUT2D eigenvalue weighted by atomic mass is 14.1. The van der Waals surface area contributed by atoms with Crippen LogP contribution in [0.3, 0.4) is 0 Å². The van der Waals surface area contributed by atoms with E-state index in [1.54, 1.807) is 0 Å². The minimum atomic E-state index is 0. The highest BCUT2D eigenvalue weighted by molar-refractivity contribution is 4.62. The molecule has 5 fully saturated rings. The number of rotatable bonds is 0. The van der Waals surface area contributed by atoms with Crippen LogP contribution in [0.5, 0.6) is 0 Å². The largest absolute Gasteiger partial charge is 0.0776 e. The Morgan fingerprint density at radius 3 is 0.308 bits per heavy atom. The molecule has 0 unspecified atom stereocenters. The molecule has 0 atom stereocenters. The maximum atomic E-state index is 2.31. The second-order valence-corrected chi connectivity index (χ2v) is 7.69. The van der Waals surface area contributed by atoms with E-state index in [-0.39, 0.29) is 14.9 Å². The average molecular weight is 567 g/mol. The minimum absolute atomic E-state index is 0. The molecule has 0 N–H and O–H groups in total. The number of hydrogen-bond acceptors (Lipinski definition) is 0.